The first-order valence-electron chi connectivity index (χ1n) is 7.07. The monoisotopic (exact) mass is 265 g/mol. The Morgan fingerprint density at radius 3 is 2.74 bits per heavy atom. The van der Waals surface area contributed by atoms with Crippen LogP contribution < -0.4 is 10.2 Å². The molecule has 1 saturated heterocycles. The fourth-order valence-corrected chi connectivity index (χ4v) is 2.55. The molecule has 1 aliphatic rings. The van der Waals surface area contributed by atoms with E-state index in [0.717, 1.165) is 19.6 Å². The summed E-state index contributed by atoms with van der Waals surface area (Å²) in [7, 11) is 3.85. The van der Waals surface area contributed by atoms with Gasteiger partial charge in [-0.3, -0.25) is 4.90 Å². The third kappa shape index (κ3) is 3.91. The Bertz CT molecular complexity index is 402. The molecule has 1 aromatic rings. The van der Waals surface area contributed by atoms with Crippen LogP contribution in [0.1, 0.15) is 18.4 Å². The molecule has 1 N–H and O–H groups in total. The molecule has 0 spiro atoms. The molecule has 0 aromatic heterocycles. The van der Waals surface area contributed by atoms with Crippen molar-refractivity contribution < 1.29 is 4.39 Å². The van der Waals surface area contributed by atoms with E-state index in [0.29, 0.717) is 5.69 Å². The summed E-state index contributed by atoms with van der Waals surface area (Å²) in [6, 6.07) is 5.49. The van der Waals surface area contributed by atoms with E-state index in [1.807, 2.05) is 31.1 Å². The van der Waals surface area contributed by atoms with E-state index in [9.17, 15) is 4.39 Å². The van der Waals surface area contributed by atoms with E-state index in [1.165, 1.54) is 31.5 Å². The average Bonchev–Trinajstić information content (AvgIpc) is 2.91. The van der Waals surface area contributed by atoms with Crippen molar-refractivity contribution >= 4 is 5.69 Å². The molecule has 0 atom stereocenters. The first-order valence-corrected chi connectivity index (χ1v) is 7.07. The predicted molar refractivity (Wildman–Crippen MR) is 78.1 cm³/mol. The fraction of sp³-hybridized carbons (Fsp3) is 0.600. The van der Waals surface area contributed by atoms with Gasteiger partial charge in [0.1, 0.15) is 5.82 Å². The van der Waals surface area contributed by atoms with E-state index in [2.05, 4.69) is 10.2 Å². The lowest BCUT2D eigenvalue weighted by molar-refractivity contribution is 0.331. The number of hydrogen-bond donors (Lipinski definition) is 1. The summed E-state index contributed by atoms with van der Waals surface area (Å²) >= 11 is 0. The van der Waals surface area contributed by atoms with Crippen LogP contribution in [0.4, 0.5) is 10.1 Å². The van der Waals surface area contributed by atoms with Crippen molar-refractivity contribution in [1.82, 2.24) is 10.2 Å². The van der Waals surface area contributed by atoms with Crippen molar-refractivity contribution in [2.24, 2.45) is 0 Å². The summed E-state index contributed by atoms with van der Waals surface area (Å²) in [5.41, 5.74) is 1.90. The Morgan fingerprint density at radius 1 is 1.32 bits per heavy atom. The van der Waals surface area contributed by atoms with Crippen LogP contribution >= 0.6 is 0 Å². The van der Waals surface area contributed by atoms with Crippen LogP contribution in [0.3, 0.4) is 0 Å². The van der Waals surface area contributed by atoms with Gasteiger partial charge in [-0.2, -0.15) is 0 Å². The van der Waals surface area contributed by atoms with Crippen molar-refractivity contribution in [2.45, 2.75) is 19.4 Å². The SMILES string of the molecule is CNCCN(C)c1cc(CN2CCCC2)ccc1F. The van der Waals surface area contributed by atoms with Gasteiger partial charge in [0.15, 0.2) is 0 Å². The lowest BCUT2D eigenvalue weighted by Crippen LogP contribution is -2.28. The Balaban J connectivity index is 2.05. The zero-order valence-corrected chi connectivity index (χ0v) is 12.0. The number of nitrogens with zero attached hydrogens (tertiary/aromatic N) is 2. The highest BCUT2D eigenvalue weighted by atomic mass is 19.1. The van der Waals surface area contributed by atoms with Crippen LogP contribution in [0.2, 0.25) is 0 Å². The minimum absolute atomic E-state index is 0.135. The standard InChI is InChI=1S/C15H24FN3/c1-17-7-10-18(2)15-11-13(5-6-14(15)16)12-19-8-3-4-9-19/h5-6,11,17H,3-4,7-10,12H2,1-2H3. The van der Waals surface area contributed by atoms with Crippen LogP contribution in [0, 0.1) is 5.82 Å². The lowest BCUT2D eigenvalue weighted by Gasteiger charge is -2.22. The third-order valence-corrected chi connectivity index (χ3v) is 3.72. The molecule has 1 aromatic carbocycles. The molecule has 0 bridgehead atoms. The molecule has 0 unspecified atom stereocenters. The highest BCUT2D eigenvalue weighted by Crippen LogP contribution is 2.21. The number of nitrogens with one attached hydrogen (secondary N) is 1. The number of anilines is 1. The summed E-state index contributed by atoms with van der Waals surface area (Å²) < 4.78 is 13.9. The number of hydrogen-bond acceptors (Lipinski definition) is 3. The van der Waals surface area contributed by atoms with Crippen LogP contribution in [0.5, 0.6) is 0 Å². The average molecular weight is 265 g/mol. The van der Waals surface area contributed by atoms with Gasteiger partial charge in [0.05, 0.1) is 5.69 Å². The second kappa shape index (κ2) is 6.87. The van der Waals surface area contributed by atoms with Gasteiger partial charge >= 0.3 is 0 Å². The van der Waals surface area contributed by atoms with Crippen LogP contribution in [0.25, 0.3) is 0 Å². The minimum Gasteiger partial charge on any atom is -0.371 e. The number of rotatable bonds is 6. The van der Waals surface area contributed by atoms with Gasteiger partial charge < -0.3 is 10.2 Å². The number of likely N-dealkylation sites (tertiary alicyclic amines) is 1. The maximum absolute atomic E-state index is 13.9. The third-order valence-electron chi connectivity index (χ3n) is 3.72. The quantitative estimate of drug-likeness (QED) is 0.849. The molecule has 0 saturated carbocycles. The molecule has 106 valence electrons. The molecular weight excluding hydrogens is 241 g/mol. The van der Waals surface area contributed by atoms with Gasteiger partial charge in [-0.1, -0.05) is 6.07 Å². The van der Waals surface area contributed by atoms with Crippen molar-refractivity contribution in [1.29, 1.82) is 0 Å². The topological polar surface area (TPSA) is 18.5 Å². The summed E-state index contributed by atoms with van der Waals surface area (Å²) in [4.78, 5) is 4.41. The Hall–Kier alpha value is -1.13. The smallest absolute Gasteiger partial charge is 0.146 e. The minimum atomic E-state index is -0.135. The van der Waals surface area contributed by atoms with Crippen molar-refractivity contribution in [3.63, 3.8) is 0 Å². The van der Waals surface area contributed by atoms with Gasteiger partial charge in [-0.05, 0) is 50.7 Å². The molecule has 0 radical (unpaired) electrons. The first kappa shape index (κ1) is 14.3. The molecule has 2 rings (SSSR count). The number of halogens is 1. The first-order chi connectivity index (χ1) is 9.20. The van der Waals surface area contributed by atoms with Gasteiger partial charge in [-0.15, -0.1) is 0 Å². The maximum atomic E-state index is 13.9. The highest BCUT2D eigenvalue weighted by Gasteiger charge is 2.14. The van der Waals surface area contributed by atoms with Gasteiger partial charge in [0, 0.05) is 26.7 Å². The van der Waals surface area contributed by atoms with E-state index < -0.39 is 0 Å². The molecular formula is C15H24FN3. The second-order valence-corrected chi connectivity index (χ2v) is 5.29. The molecule has 19 heavy (non-hydrogen) atoms. The summed E-state index contributed by atoms with van der Waals surface area (Å²) in [5.74, 6) is -0.135. The Kier molecular flexibility index (Phi) is 5.16. The highest BCUT2D eigenvalue weighted by molar-refractivity contribution is 5.49. The zero-order chi connectivity index (χ0) is 13.7. The second-order valence-electron chi connectivity index (χ2n) is 5.29. The Morgan fingerprint density at radius 2 is 2.05 bits per heavy atom. The molecule has 0 aliphatic carbocycles. The van der Waals surface area contributed by atoms with Crippen molar-refractivity contribution in [3.05, 3.63) is 29.6 Å². The van der Waals surface area contributed by atoms with E-state index in [4.69, 9.17) is 0 Å². The molecule has 3 nitrogen and oxygen atoms in total. The maximum Gasteiger partial charge on any atom is 0.146 e. The lowest BCUT2D eigenvalue weighted by atomic mass is 10.1. The van der Waals surface area contributed by atoms with Gasteiger partial charge in [-0.25, -0.2) is 4.39 Å². The molecule has 1 aliphatic heterocycles. The van der Waals surface area contributed by atoms with E-state index in [-0.39, 0.29) is 5.82 Å². The van der Waals surface area contributed by atoms with Gasteiger partial charge in [0.2, 0.25) is 0 Å². The normalized spacial score (nSPS) is 15.9. The van der Waals surface area contributed by atoms with Crippen LogP contribution in [-0.4, -0.2) is 45.2 Å². The van der Waals surface area contributed by atoms with Crippen LogP contribution in [0.15, 0.2) is 18.2 Å². The Labute approximate surface area is 115 Å². The molecule has 4 heteroatoms. The zero-order valence-electron chi connectivity index (χ0n) is 12.0. The summed E-state index contributed by atoms with van der Waals surface area (Å²) in [6.45, 7) is 4.94. The largest absolute Gasteiger partial charge is 0.371 e. The number of benzene rings is 1. The molecule has 1 fully saturated rings. The predicted octanol–water partition coefficient (Wildman–Crippen LogP) is 2.08. The fourth-order valence-electron chi connectivity index (χ4n) is 2.55. The van der Waals surface area contributed by atoms with Gasteiger partial charge in [0.25, 0.3) is 0 Å². The van der Waals surface area contributed by atoms with E-state index in [1.54, 1.807) is 6.07 Å². The van der Waals surface area contributed by atoms with Crippen molar-refractivity contribution in [2.75, 3.05) is 45.2 Å². The van der Waals surface area contributed by atoms with E-state index >= 15 is 0 Å². The van der Waals surface area contributed by atoms with Crippen molar-refractivity contribution in [3.8, 4) is 0 Å². The number of likely N-dealkylation sites (N-methyl/N-ethyl adjacent to an activating group) is 2. The molecule has 1 heterocycles. The van der Waals surface area contributed by atoms with Crippen LogP contribution in [-0.2, 0) is 6.54 Å². The summed E-state index contributed by atoms with van der Waals surface area (Å²) in [5, 5.41) is 3.09. The summed E-state index contributed by atoms with van der Waals surface area (Å²) in [6.07, 6.45) is 2.58. The molecule has 0 amide bonds.